The van der Waals surface area contributed by atoms with Gasteiger partial charge in [0.2, 0.25) is 0 Å². The Kier molecular flexibility index (Phi) is 3.04. The van der Waals surface area contributed by atoms with E-state index in [9.17, 15) is 4.21 Å². The molecule has 0 amide bonds. The first-order chi connectivity index (χ1) is 5.18. The Morgan fingerprint density at radius 1 is 1.64 bits per heavy atom. The summed E-state index contributed by atoms with van der Waals surface area (Å²) in [6, 6.07) is 0. The molecule has 0 aromatic rings. The molecule has 1 atom stereocenters. The van der Waals surface area contributed by atoms with E-state index in [4.69, 9.17) is 9.88 Å². The highest BCUT2D eigenvalue weighted by Crippen LogP contribution is 2.35. The Bertz CT molecular complexity index is 157. The molecular weight excluding hydrogens is 162 g/mol. The van der Waals surface area contributed by atoms with E-state index in [1.807, 2.05) is 6.92 Å². The zero-order chi connectivity index (χ0) is 8.32. The summed E-state index contributed by atoms with van der Waals surface area (Å²) in [5.41, 5.74) is -0.131. The highest BCUT2D eigenvalue weighted by molar-refractivity contribution is 7.82. The molecule has 4 heteroatoms. The molecule has 0 bridgehead atoms. The van der Waals surface area contributed by atoms with Crippen LogP contribution in [0, 0.1) is 0 Å². The topological polar surface area (TPSA) is 52.3 Å². The lowest BCUT2D eigenvalue weighted by Gasteiger charge is -2.40. The van der Waals surface area contributed by atoms with E-state index < -0.39 is 11.0 Å². The summed E-state index contributed by atoms with van der Waals surface area (Å²) in [6.07, 6.45) is 3.21. The Morgan fingerprint density at radius 2 is 2.27 bits per heavy atom. The summed E-state index contributed by atoms with van der Waals surface area (Å²) in [4.78, 5) is 0. The van der Waals surface area contributed by atoms with Crippen LogP contribution in [0.2, 0.25) is 0 Å². The second-order valence-electron chi connectivity index (χ2n) is 2.99. The van der Waals surface area contributed by atoms with Gasteiger partial charge in [0.1, 0.15) is 0 Å². The molecule has 2 N–H and O–H groups in total. The van der Waals surface area contributed by atoms with Crippen LogP contribution < -0.4 is 5.14 Å². The van der Waals surface area contributed by atoms with Crippen LogP contribution in [0.4, 0.5) is 0 Å². The third kappa shape index (κ3) is 2.25. The van der Waals surface area contributed by atoms with Crippen molar-refractivity contribution in [2.75, 3.05) is 12.4 Å². The van der Waals surface area contributed by atoms with E-state index >= 15 is 0 Å². The molecule has 1 rings (SSSR count). The molecule has 0 aromatic carbocycles. The normalized spacial score (nSPS) is 24.2. The summed E-state index contributed by atoms with van der Waals surface area (Å²) in [7, 11) is -1.21. The Balaban J connectivity index is 2.39. The molecule has 1 aliphatic rings. The molecule has 0 aliphatic heterocycles. The monoisotopic (exact) mass is 177 g/mol. The zero-order valence-corrected chi connectivity index (χ0v) is 7.65. The van der Waals surface area contributed by atoms with Gasteiger partial charge in [-0.2, -0.15) is 0 Å². The number of hydrogen-bond acceptors (Lipinski definition) is 2. The van der Waals surface area contributed by atoms with Crippen molar-refractivity contribution in [3.05, 3.63) is 0 Å². The molecule has 1 saturated carbocycles. The maximum atomic E-state index is 10.7. The lowest BCUT2D eigenvalue weighted by molar-refractivity contribution is -0.0764. The molecule has 0 saturated heterocycles. The lowest BCUT2D eigenvalue weighted by Crippen LogP contribution is -2.46. The first-order valence-electron chi connectivity index (χ1n) is 3.95. The lowest BCUT2D eigenvalue weighted by atomic mass is 9.82. The van der Waals surface area contributed by atoms with Gasteiger partial charge in [0.25, 0.3) is 0 Å². The Hall–Kier alpha value is 0.0700. The Morgan fingerprint density at radius 3 is 2.55 bits per heavy atom. The van der Waals surface area contributed by atoms with Crippen LogP contribution in [0.3, 0.4) is 0 Å². The van der Waals surface area contributed by atoms with E-state index in [0.29, 0.717) is 12.4 Å². The summed E-state index contributed by atoms with van der Waals surface area (Å²) in [5, 5.41) is 5.21. The van der Waals surface area contributed by atoms with Crippen molar-refractivity contribution in [2.45, 2.75) is 31.8 Å². The van der Waals surface area contributed by atoms with Crippen molar-refractivity contribution in [3.63, 3.8) is 0 Å². The number of ether oxygens (including phenoxy) is 1. The van der Waals surface area contributed by atoms with Gasteiger partial charge >= 0.3 is 0 Å². The van der Waals surface area contributed by atoms with Gasteiger partial charge in [-0.05, 0) is 26.2 Å². The van der Waals surface area contributed by atoms with Crippen molar-refractivity contribution in [3.8, 4) is 0 Å². The molecule has 0 spiro atoms. The predicted octanol–water partition coefficient (Wildman–Crippen LogP) is 0.568. The predicted molar refractivity (Wildman–Crippen MR) is 45.4 cm³/mol. The maximum Gasteiger partial charge on any atom is 0.0917 e. The molecule has 1 aliphatic carbocycles. The molecule has 0 radical (unpaired) electrons. The minimum atomic E-state index is -1.21. The third-order valence-electron chi connectivity index (χ3n) is 2.12. The third-order valence-corrected chi connectivity index (χ3v) is 2.93. The zero-order valence-electron chi connectivity index (χ0n) is 6.84. The van der Waals surface area contributed by atoms with Crippen molar-refractivity contribution >= 4 is 11.0 Å². The highest BCUT2D eigenvalue weighted by Gasteiger charge is 2.38. The Labute approximate surface area is 69.9 Å². The first-order valence-corrected chi connectivity index (χ1v) is 5.33. The van der Waals surface area contributed by atoms with Gasteiger partial charge in [0.05, 0.1) is 22.3 Å². The van der Waals surface area contributed by atoms with Crippen LogP contribution in [0.15, 0.2) is 0 Å². The second kappa shape index (κ2) is 3.65. The van der Waals surface area contributed by atoms with Crippen LogP contribution in [0.25, 0.3) is 0 Å². The van der Waals surface area contributed by atoms with Crippen molar-refractivity contribution < 1.29 is 8.95 Å². The average Bonchev–Trinajstić information content (AvgIpc) is 1.82. The van der Waals surface area contributed by atoms with E-state index in [-0.39, 0.29) is 5.60 Å². The fourth-order valence-corrected chi connectivity index (χ4v) is 2.36. The number of hydrogen-bond donors (Lipinski definition) is 1. The summed E-state index contributed by atoms with van der Waals surface area (Å²) < 4.78 is 16.2. The summed E-state index contributed by atoms with van der Waals surface area (Å²) >= 11 is 0. The van der Waals surface area contributed by atoms with Gasteiger partial charge in [-0.3, -0.25) is 5.14 Å². The van der Waals surface area contributed by atoms with Crippen molar-refractivity contribution in [2.24, 2.45) is 5.14 Å². The van der Waals surface area contributed by atoms with Gasteiger partial charge in [0, 0.05) is 6.61 Å². The van der Waals surface area contributed by atoms with Crippen LogP contribution in [-0.2, 0) is 15.7 Å². The molecule has 0 heterocycles. The quantitative estimate of drug-likeness (QED) is 0.682. The van der Waals surface area contributed by atoms with Crippen molar-refractivity contribution in [1.82, 2.24) is 0 Å². The average molecular weight is 177 g/mol. The SMILES string of the molecule is CCOC1(CS(N)=O)CCC1. The first kappa shape index (κ1) is 9.16. The standard InChI is InChI=1S/C7H15NO2S/c1-2-10-7(4-3-5-7)6-11(8)9/h2-6,8H2,1H3. The molecule has 11 heavy (non-hydrogen) atoms. The van der Waals surface area contributed by atoms with Gasteiger partial charge in [-0.15, -0.1) is 0 Å². The molecule has 66 valence electrons. The van der Waals surface area contributed by atoms with Gasteiger partial charge in [-0.25, -0.2) is 4.21 Å². The molecule has 1 fully saturated rings. The fraction of sp³-hybridized carbons (Fsp3) is 1.00. The van der Waals surface area contributed by atoms with Gasteiger partial charge < -0.3 is 4.74 Å². The van der Waals surface area contributed by atoms with Crippen LogP contribution >= 0.6 is 0 Å². The van der Waals surface area contributed by atoms with Gasteiger partial charge in [-0.1, -0.05) is 0 Å². The minimum Gasteiger partial charge on any atom is -0.374 e. The highest BCUT2D eigenvalue weighted by atomic mass is 32.2. The smallest absolute Gasteiger partial charge is 0.0917 e. The van der Waals surface area contributed by atoms with Crippen LogP contribution in [0.5, 0.6) is 0 Å². The van der Waals surface area contributed by atoms with E-state index in [0.717, 1.165) is 12.8 Å². The van der Waals surface area contributed by atoms with Gasteiger partial charge in [0.15, 0.2) is 0 Å². The van der Waals surface area contributed by atoms with Crippen molar-refractivity contribution in [1.29, 1.82) is 0 Å². The van der Waals surface area contributed by atoms with Crippen LogP contribution in [-0.4, -0.2) is 22.2 Å². The minimum absolute atomic E-state index is 0.131. The molecule has 1 unspecified atom stereocenters. The largest absolute Gasteiger partial charge is 0.374 e. The number of rotatable bonds is 4. The molecule has 0 aromatic heterocycles. The summed E-state index contributed by atoms with van der Waals surface area (Å²) in [6.45, 7) is 2.65. The fourth-order valence-electron chi connectivity index (χ4n) is 1.47. The molecular formula is C7H15NO2S. The second-order valence-corrected chi connectivity index (χ2v) is 4.04. The maximum absolute atomic E-state index is 10.7. The van der Waals surface area contributed by atoms with E-state index in [1.54, 1.807) is 0 Å². The van der Waals surface area contributed by atoms with E-state index in [1.165, 1.54) is 6.42 Å². The molecule has 3 nitrogen and oxygen atoms in total. The van der Waals surface area contributed by atoms with E-state index in [2.05, 4.69) is 0 Å². The number of nitrogens with two attached hydrogens (primary N) is 1. The van der Waals surface area contributed by atoms with Crippen LogP contribution in [0.1, 0.15) is 26.2 Å². The summed E-state index contributed by atoms with van der Waals surface area (Å²) in [5.74, 6) is 0.501.